The molecular weight excluding hydrogens is 264 g/mol. The van der Waals surface area contributed by atoms with E-state index in [0.717, 1.165) is 5.88 Å². The van der Waals surface area contributed by atoms with E-state index in [1.807, 2.05) is 11.8 Å². The molecule has 1 fully saturated rings. The Balaban J connectivity index is 0.00000120. The molecule has 0 N–H and O–H groups in total. The molecule has 0 saturated carbocycles. The fourth-order valence-corrected chi connectivity index (χ4v) is 3.77. The molecule has 0 spiro atoms. The number of hydrogen-bond acceptors (Lipinski definition) is 3. The molecule has 0 atom stereocenters. The van der Waals surface area contributed by atoms with E-state index in [1.54, 1.807) is 0 Å². The second-order valence-electron chi connectivity index (χ2n) is 4.91. The van der Waals surface area contributed by atoms with E-state index < -0.39 is 0 Å². The van der Waals surface area contributed by atoms with Gasteiger partial charge in [-0.25, -0.2) is 0 Å². The highest BCUT2D eigenvalue weighted by atomic mass is 35.5. The molecule has 2 aliphatic rings. The zero-order valence-electron chi connectivity index (χ0n) is 10.7. The second-order valence-corrected chi connectivity index (χ2v) is 5.89. The van der Waals surface area contributed by atoms with Crippen LogP contribution in [0.25, 0.3) is 0 Å². The number of para-hydroxylation sites is 1. The third-order valence-corrected chi connectivity index (χ3v) is 4.81. The molecule has 0 amide bonds. The van der Waals surface area contributed by atoms with Gasteiger partial charge in [-0.05, 0) is 38.1 Å². The summed E-state index contributed by atoms with van der Waals surface area (Å²) in [6.07, 6.45) is 4.22. The summed E-state index contributed by atoms with van der Waals surface area (Å²) >= 11 is 1.97. The van der Waals surface area contributed by atoms with Crippen LogP contribution in [0.5, 0.6) is 0 Å². The topological polar surface area (TPSA) is 6.48 Å². The summed E-state index contributed by atoms with van der Waals surface area (Å²) in [6, 6.07) is 8.78. The Morgan fingerprint density at radius 3 is 2.61 bits per heavy atom. The van der Waals surface area contributed by atoms with Crippen molar-refractivity contribution in [3.05, 3.63) is 24.3 Å². The number of anilines is 1. The quantitative estimate of drug-likeness (QED) is 0.839. The summed E-state index contributed by atoms with van der Waals surface area (Å²) in [7, 11) is 0. The van der Waals surface area contributed by atoms with Gasteiger partial charge in [0.05, 0.1) is 11.6 Å². The molecule has 18 heavy (non-hydrogen) atoms. The van der Waals surface area contributed by atoms with Crippen LogP contribution >= 0.6 is 24.2 Å². The maximum Gasteiger partial charge on any atom is 0.0687 e. The van der Waals surface area contributed by atoms with Crippen LogP contribution in [0.4, 0.5) is 5.69 Å². The molecule has 0 radical (unpaired) electrons. The van der Waals surface area contributed by atoms with Crippen LogP contribution in [0.2, 0.25) is 0 Å². The summed E-state index contributed by atoms with van der Waals surface area (Å²) < 4.78 is 0. The average molecular weight is 285 g/mol. The van der Waals surface area contributed by atoms with Crippen molar-refractivity contribution >= 4 is 29.9 Å². The molecule has 0 aromatic heterocycles. The molecule has 1 aromatic rings. The van der Waals surface area contributed by atoms with Gasteiger partial charge in [0.1, 0.15) is 0 Å². The van der Waals surface area contributed by atoms with Crippen molar-refractivity contribution in [3.63, 3.8) is 0 Å². The predicted molar refractivity (Wildman–Crippen MR) is 82.1 cm³/mol. The number of hydrogen-bond donors (Lipinski definition) is 0. The first-order chi connectivity index (χ1) is 8.43. The number of likely N-dealkylation sites (tertiary alicyclic amines) is 1. The van der Waals surface area contributed by atoms with Crippen LogP contribution < -0.4 is 4.90 Å². The number of fused-ring (bicyclic) bond motifs is 1. The molecule has 4 heteroatoms. The molecule has 0 aliphatic carbocycles. The first-order valence-corrected chi connectivity index (χ1v) is 7.61. The Hall–Kier alpha value is -0.380. The Morgan fingerprint density at radius 2 is 1.78 bits per heavy atom. The monoisotopic (exact) mass is 284 g/mol. The number of nitrogens with zero attached hydrogens (tertiary/aromatic N) is 2. The lowest BCUT2D eigenvalue weighted by Gasteiger charge is -2.29. The van der Waals surface area contributed by atoms with Crippen LogP contribution in [-0.4, -0.2) is 37.0 Å². The van der Waals surface area contributed by atoms with Gasteiger partial charge in [0, 0.05) is 18.0 Å². The van der Waals surface area contributed by atoms with Gasteiger partial charge < -0.3 is 9.80 Å². The SMILES string of the molecule is Cl.c1ccc2c(c1)SCN2CCN1CCCCC1. The molecule has 2 nitrogen and oxygen atoms in total. The van der Waals surface area contributed by atoms with E-state index in [9.17, 15) is 0 Å². The van der Waals surface area contributed by atoms with Crippen molar-refractivity contribution < 1.29 is 0 Å². The van der Waals surface area contributed by atoms with Crippen molar-refractivity contribution in [2.45, 2.75) is 24.2 Å². The van der Waals surface area contributed by atoms with E-state index in [1.165, 1.54) is 56.0 Å². The normalized spacial score (nSPS) is 19.4. The average Bonchev–Trinajstić information content (AvgIpc) is 2.81. The summed E-state index contributed by atoms with van der Waals surface area (Å²) in [5.74, 6) is 1.13. The summed E-state index contributed by atoms with van der Waals surface area (Å²) in [5.41, 5.74) is 1.44. The van der Waals surface area contributed by atoms with Crippen LogP contribution in [0.1, 0.15) is 19.3 Å². The smallest absolute Gasteiger partial charge is 0.0687 e. The first kappa shape index (κ1) is 14.0. The maximum atomic E-state index is 2.62. The second kappa shape index (κ2) is 6.69. The Kier molecular flexibility index (Phi) is 5.22. The third-order valence-electron chi connectivity index (χ3n) is 3.72. The molecule has 3 rings (SSSR count). The van der Waals surface area contributed by atoms with Crippen molar-refractivity contribution in [2.24, 2.45) is 0 Å². The lowest BCUT2D eigenvalue weighted by molar-refractivity contribution is 0.234. The summed E-state index contributed by atoms with van der Waals surface area (Å²) in [4.78, 5) is 6.59. The van der Waals surface area contributed by atoms with Gasteiger partial charge in [-0.15, -0.1) is 24.2 Å². The molecule has 0 unspecified atom stereocenters. The highest BCUT2D eigenvalue weighted by molar-refractivity contribution is 7.99. The number of piperidine rings is 1. The predicted octanol–water partition coefficient (Wildman–Crippen LogP) is 3.46. The van der Waals surface area contributed by atoms with Gasteiger partial charge in [0.2, 0.25) is 0 Å². The van der Waals surface area contributed by atoms with Crippen LogP contribution in [-0.2, 0) is 0 Å². The minimum absolute atomic E-state index is 0. The zero-order chi connectivity index (χ0) is 11.5. The Labute approximate surface area is 120 Å². The highest BCUT2D eigenvalue weighted by Crippen LogP contribution is 2.37. The molecule has 2 heterocycles. The fourth-order valence-electron chi connectivity index (χ4n) is 2.69. The van der Waals surface area contributed by atoms with Gasteiger partial charge in [-0.2, -0.15) is 0 Å². The molecule has 1 saturated heterocycles. The van der Waals surface area contributed by atoms with Crippen molar-refractivity contribution in [3.8, 4) is 0 Å². The van der Waals surface area contributed by atoms with Crippen molar-refractivity contribution in [1.82, 2.24) is 4.90 Å². The lowest BCUT2D eigenvalue weighted by atomic mass is 10.1. The lowest BCUT2D eigenvalue weighted by Crippen LogP contribution is -2.37. The van der Waals surface area contributed by atoms with Crippen molar-refractivity contribution in [2.75, 3.05) is 37.0 Å². The molecule has 0 bridgehead atoms. The highest BCUT2D eigenvalue weighted by Gasteiger charge is 2.19. The molecule has 2 aliphatic heterocycles. The van der Waals surface area contributed by atoms with E-state index in [4.69, 9.17) is 0 Å². The number of rotatable bonds is 3. The Bertz CT molecular complexity index is 380. The van der Waals surface area contributed by atoms with Gasteiger partial charge in [0.25, 0.3) is 0 Å². The minimum atomic E-state index is 0. The molecular formula is C14H21ClN2S. The van der Waals surface area contributed by atoms with Crippen LogP contribution in [0.3, 0.4) is 0 Å². The first-order valence-electron chi connectivity index (χ1n) is 6.62. The maximum absolute atomic E-state index is 2.62. The molecule has 1 aromatic carbocycles. The Morgan fingerprint density at radius 1 is 1.00 bits per heavy atom. The van der Waals surface area contributed by atoms with E-state index in [2.05, 4.69) is 34.1 Å². The third kappa shape index (κ3) is 3.14. The van der Waals surface area contributed by atoms with Gasteiger partial charge in [-0.3, -0.25) is 0 Å². The molecule has 100 valence electrons. The zero-order valence-corrected chi connectivity index (χ0v) is 12.3. The standard InChI is InChI=1S/C14H20N2S.ClH/c1-4-8-15(9-5-1)10-11-16-12-17-14-7-3-2-6-13(14)16;/h2-3,6-7H,1,4-5,8-12H2;1H. The number of thioether (sulfide) groups is 1. The minimum Gasteiger partial charge on any atom is -0.360 e. The van der Waals surface area contributed by atoms with E-state index in [0.29, 0.717) is 0 Å². The van der Waals surface area contributed by atoms with Crippen molar-refractivity contribution in [1.29, 1.82) is 0 Å². The number of benzene rings is 1. The van der Waals surface area contributed by atoms with Gasteiger partial charge in [0.15, 0.2) is 0 Å². The van der Waals surface area contributed by atoms with Gasteiger partial charge in [-0.1, -0.05) is 18.6 Å². The van der Waals surface area contributed by atoms with Gasteiger partial charge >= 0.3 is 0 Å². The summed E-state index contributed by atoms with van der Waals surface area (Å²) in [6.45, 7) is 5.03. The van der Waals surface area contributed by atoms with Crippen LogP contribution in [0, 0.1) is 0 Å². The summed E-state index contributed by atoms with van der Waals surface area (Å²) in [5, 5.41) is 0. The largest absolute Gasteiger partial charge is 0.360 e. The van der Waals surface area contributed by atoms with E-state index >= 15 is 0 Å². The number of halogens is 1. The van der Waals surface area contributed by atoms with E-state index in [-0.39, 0.29) is 12.4 Å². The fraction of sp³-hybridized carbons (Fsp3) is 0.571. The van der Waals surface area contributed by atoms with Crippen LogP contribution in [0.15, 0.2) is 29.2 Å².